The van der Waals surface area contributed by atoms with Gasteiger partial charge in [0.15, 0.2) is 0 Å². The molecule has 0 aliphatic carbocycles. The zero-order chi connectivity index (χ0) is 30.1. The van der Waals surface area contributed by atoms with Gasteiger partial charge in [-0.1, -0.05) is 6.92 Å². The van der Waals surface area contributed by atoms with Gasteiger partial charge in [0.25, 0.3) is 0 Å². The first kappa shape index (κ1) is 28.5. The largest absolute Gasteiger partial charge is 0.386 e. The Labute approximate surface area is 250 Å². The Morgan fingerprint density at radius 1 is 1.09 bits per heavy atom. The summed E-state index contributed by atoms with van der Waals surface area (Å²) in [5, 5.41) is 8.55. The molecule has 0 fully saturated rings. The summed E-state index contributed by atoms with van der Waals surface area (Å²) in [6.45, 7) is 3.64. The second-order valence-corrected chi connectivity index (χ2v) is 11.3. The molecule has 10 nitrogen and oxygen atoms in total. The van der Waals surface area contributed by atoms with Crippen LogP contribution in [-0.2, 0) is 26.3 Å². The van der Waals surface area contributed by atoms with E-state index in [1.165, 1.54) is 6.34 Å². The van der Waals surface area contributed by atoms with Gasteiger partial charge in [0.2, 0.25) is 0 Å². The van der Waals surface area contributed by atoms with Crippen molar-refractivity contribution in [3.05, 3.63) is 83.5 Å². The highest BCUT2D eigenvalue weighted by Gasteiger charge is 2.41. The van der Waals surface area contributed by atoms with Crippen molar-refractivity contribution in [2.45, 2.75) is 32.4 Å². The average molecular weight is 581 g/mol. The Morgan fingerprint density at radius 2 is 1.93 bits per heavy atom. The lowest BCUT2D eigenvalue weighted by atomic mass is 9.95. The lowest BCUT2D eigenvalue weighted by molar-refractivity contribution is 0.425. The van der Waals surface area contributed by atoms with Crippen LogP contribution in [0, 0.1) is 11.7 Å². The zero-order valence-electron chi connectivity index (χ0n) is 25.0. The molecule has 3 aromatic heterocycles. The number of nitrogens with two attached hydrogens (primary N) is 1. The molecule has 5 heterocycles. The van der Waals surface area contributed by atoms with E-state index in [9.17, 15) is 0 Å². The maximum atomic E-state index is 15.5. The highest BCUT2D eigenvalue weighted by molar-refractivity contribution is 6.02. The smallest absolute Gasteiger partial charge is 0.140 e. The fourth-order valence-electron chi connectivity index (χ4n) is 5.71. The van der Waals surface area contributed by atoms with Crippen LogP contribution < -0.4 is 16.0 Å². The number of amidine groups is 1. The predicted molar refractivity (Wildman–Crippen MR) is 171 cm³/mol. The van der Waals surface area contributed by atoms with Crippen molar-refractivity contribution in [2.75, 3.05) is 37.4 Å². The minimum atomic E-state index is -0.263. The number of likely N-dealkylation sites (N-methyl/N-ethyl adjacent to an activating group) is 1. The Balaban J connectivity index is 1.24. The summed E-state index contributed by atoms with van der Waals surface area (Å²) in [5.74, 6) is 0.0521. The minimum Gasteiger partial charge on any atom is -0.386 e. The molecule has 2 atom stereocenters. The van der Waals surface area contributed by atoms with Crippen molar-refractivity contribution < 1.29 is 4.39 Å². The summed E-state index contributed by atoms with van der Waals surface area (Å²) < 4.78 is 17.3. The van der Waals surface area contributed by atoms with Crippen LogP contribution in [0.3, 0.4) is 0 Å². The van der Waals surface area contributed by atoms with E-state index in [0.717, 1.165) is 59.0 Å². The Hall–Kier alpha value is -4.64. The number of nitrogens with one attached hydrogen (secondary N) is 1. The van der Waals surface area contributed by atoms with Crippen LogP contribution in [0.4, 0.5) is 15.8 Å². The van der Waals surface area contributed by atoms with Crippen molar-refractivity contribution >= 4 is 40.0 Å². The summed E-state index contributed by atoms with van der Waals surface area (Å²) in [7, 11) is 5.93. The number of anilines is 2. The molecule has 3 N–H and O–H groups in total. The van der Waals surface area contributed by atoms with Crippen LogP contribution in [0.5, 0.6) is 0 Å². The lowest BCUT2D eigenvalue weighted by Crippen LogP contribution is -2.40. The molecule has 6 rings (SSSR count). The van der Waals surface area contributed by atoms with Gasteiger partial charge in [-0.2, -0.15) is 5.10 Å². The average Bonchev–Trinajstić information content (AvgIpc) is 3.60. The van der Waals surface area contributed by atoms with E-state index in [4.69, 9.17) is 10.7 Å². The van der Waals surface area contributed by atoms with Gasteiger partial charge in [0.1, 0.15) is 24.2 Å². The van der Waals surface area contributed by atoms with Crippen LogP contribution >= 0.6 is 0 Å². The number of benzene rings is 1. The molecule has 11 heteroatoms. The van der Waals surface area contributed by atoms with E-state index in [-0.39, 0.29) is 17.9 Å². The van der Waals surface area contributed by atoms with Crippen molar-refractivity contribution in [2.24, 2.45) is 28.7 Å². The highest BCUT2D eigenvalue weighted by Crippen LogP contribution is 2.39. The molecule has 1 aromatic carbocycles. The second kappa shape index (κ2) is 11.9. The van der Waals surface area contributed by atoms with Gasteiger partial charge >= 0.3 is 0 Å². The number of aromatic nitrogens is 4. The number of fused-ring (bicyclic) bond motifs is 2. The standard InChI is InChI=1S/C32H37FN10/c1-5-22-15-27(36-9-11-41(2)3)30-25(33)13-20(14-28(30)39-22)6-7-21-12-23(17-35-16-21)43-18-24(26-8-10-42(4)40-26)29-31(34)37-19-38-32(29)43/h8,10,12-19,29,32H,5-7,9,11H2,1-4H3,(H,36,39)(H2,34,37,38). The number of rotatable bonds is 10. The van der Waals surface area contributed by atoms with Gasteiger partial charge in [-0.3, -0.25) is 14.6 Å². The monoisotopic (exact) mass is 580 g/mol. The number of hydrogen-bond donors (Lipinski definition) is 2. The molecule has 0 spiro atoms. The van der Waals surface area contributed by atoms with Crippen LogP contribution in [0.15, 0.2) is 65.1 Å². The van der Waals surface area contributed by atoms with Crippen LogP contribution in [-0.4, -0.2) is 70.2 Å². The molecule has 4 aromatic rings. The molecule has 222 valence electrons. The second-order valence-electron chi connectivity index (χ2n) is 11.3. The molecule has 0 amide bonds. The van der Waals surface area contributed by atoms with E-state index in [1.54, 1.807) is 10.7 Å². The van der Waals surface area contributed by atoms with Crippen LogP contribution in [0.25, 0.3) is 16.5 Å². The molecule has 0 saturated carbocycles. The Morgan fingerprint density at radius 3 is 2.70 bits per heavy atom. The fourth-order valence-corrected chi connectivity index (χ4v) is 5.71. The predicted octanol–water partition coefficient (Wildman–Crippen LogP) is 4.03. The SMILES string of the molecule is CCc1cc(NCCN(C)C)c2c(F)cc(CCc3cncc(N4C=C(c5ccn(C)n5)C5C(N)=NC=NC54)c3)cc2n1. The highest BCUT2D eigenvalue weighted by atomic mass is 19.1. The summed E-state index contributed by atoms with van der Waals surface area (Å²) in [4.78, 5) is 22.4. The first-order valence-electron chi connectivity index (χ1n) is 14.6. The third-order valence-corrected chi connectivity index (χ3v) is 7.94. The van der Waals surface area contributed by atoms with Crippen LogP contribution in [0.2, 0.25) is 0 Å². The van der Waals surface area contributed by atoms with Crippen LogP contribution in [0.1, 0.15) is 29.4 Å². The first-order valence-corrected chi connectivity index (χ1v) is 14.6. The normalized spacial score (nSPS) is 17.9. The van der Waals surface area contributed by atoms with Crippen molar-refractivity contribution in [3.8, 4) is 0 Å². The third kappa shape index (κ3) is 5.85. The van der Waals surface area contributed by atoms with Crippen molar-refractivity contribution in [3.63, 3.8) is 0 Å². The molecule has 2 aliphatic heterocycles. The number of aliphatic imine (C=N–C) groups is 2. The van der Waals surface area contributed by atoms with Gasteiger partial charge in [-0.05, 0) is 74.8 Å². The van der Waals surface area contributed by atoms with Crippen molar-refractivity contribution in [1.29, 1.82) is 0 Å². The molecule has 0 saturated heterocycles. The number of aryl methyl sites for hydroxylation is 4. The maximum absolute atomic E-state index is 15.5. The van der Waals surface area contributed by atoms with Crippen molar-refractivity contribution in [1.82, 2.24) is 24.6 Å². The van der Waals surface area contributed by atoms with Gasteiger partial charge in [-0.15, -0.1) is 0 Å². The quantitative estimate of drug-likeness (QED) is 0.291. The Bertz CT molecular complexity index is 1740. The van der Waals surface area contributed by atoms with E-state index < -0.39 is 0 Å². The van der Waals surface area contributed by atoms with E-state index >= 15 is 4.39 Å². The number of hydrogen-bond acceptors (Lipinski definition) is 9. The third-order valence-electron chi connectivity index (χ3n) is 7.94. The summed E-state index contributed by atoms with van der Waals surface area (Å²) in [6.07, 6.45) is 11.0. The molecule has 2 unspecified atom stereocenters. The summed E-state index contributed by atoms with van der Waals surface area (Å²) in [5.41, 5.74) is 13.4. The lowest BCUT2D eigenvalue weighted by Gasteiger charge is -2.28. The van der Waals surface area contributed by atoms with Gasteiger partial charge in [0.05, 0.1) is 34.4 Å². The first-order chi connectivity index (χ1) is 20.8. The molecule has 2 aliphatic rings. The molecular weight excluding hydrogens is 543 g/mol. The van der Waals surface area contributed by atoms with Gasteiger partial charge in [0, 0.05) is 55.7 Å². The Kier molecular flexibility index (Phi) is 7.90. The van der Waals surface area contributed by atoms with Gasteiger partial charge < -0.3 is 20.9 Å². The number of pyridine rings is 2. The number of nitrogens with zero attached hydrogens (tertiary/aromatic N) is 8. The van der Waals surface area contributed by atoms with E-state index in [1.807, 2.05) is 64.1 Å². The number of halogens is 1. The van der Waals surface area contributed by atoms with E-state index in [2.05, 4.69) is 48.2 Å². The topological polar surface area (TPSA) is 113 Å². The summed E-state index contributed by atoms with van der Waals surface area (Å²) >= 11 is 0. The van der Waals surface area contributed by atoms with Gasteiger partial charge in [-0.25, -0.2) is 14.4 Å². The molecule has 0 bridgehead atoms. The molecule has 0 radical (unpaired) electrons. The molecular formula is C32H37FN10. The maximum Gasteiger partial charge on any atom is 0.140 e. The zero-order valence-corrected chi connectivity index (χ0v) is 25.0. The summed E-state index contributed by atoms with van der Waals surface area (Å²) in [6, 6.07) is 9.69. The molecule has 43 heavy (non-hydrogen) atoms. The minimum absolute atomic E-state index is 0.202. The van der Waals surface area contributed by atoms with E-state index in [0.29, 0.717) is 29.6 Å². The fraction of sp³-hybridized carbons (Fsp3) is 0.344.